The van der Waals surface area contributed by atoms with Gasteiger partial charge in [0.2, 0.25) is 0 Å². The average Bonchev–Trinajstić information content (AvgIpc) is 3.07. The highest BCUT2D eigenvalue weighted by atomic mass is 35.5. The summed E-state index contributed by atoms with van der Waals surface area (Å²) in [5, 5.41) is 7.10. The lowest BCUT2D eigenvalue weighted by Gasteiger charge is -2.11. The summed E-state index contributed by atoms with van der Waals surface area (Å²) in [4.78, 5) is 0. The Hall–Kier alpha value is -0.770. The lowest BCUT2D eigenvalue weighted by atomic mass is 10.2. The zero-order valence-corrected chi connectivity index (χ0v) is 13.0. The Balaban J connectivity index is 0.000000247. The van der Waals surface area contributed by atoms with Crippen molar-refractivity contribution in [2.45, 2.75) is 32.2 Å². The lowest BCUT2D eigenvalue weighted by Crippen LogP contribution is -2.08. The van der Waals surface area contributed by atoms with Gasteiger partial charge in [-0.05, 0) is 69.9 Å². The van der Waals surface area contributed by atoms with Crippen LogP contribution in [-0.4, -0.2) is 26.7 Å². The Morgan fingerprint density at radius 2 is 2.05 bits per heavy atom. The molecular formula is C16H25ClN2O. The molecule has 2 aliphatic rings. The van der Waals surface area contributed by atoms with Crippen LogP contribution in [0.5, 0.6) is 5.75 Å². The molecule has 0 unspecified atom stereocenters. The first-order valence-corrected chi connectivity index (χ1v) is 7.94. The van der Waals surface area contributed by atoms with Gasteiger partial charge in [0.05, 0.1) is 6.61 Å². The van der Waals surface area contributed by atoms with Crippen LogP contribution in [0.4, 0.5) is 0 Å². The Kier molecular flexibility index (Phi) is 6.64. The predicted octanol–water partition coefficient (Wildman–Crippen LogP) is 3.22. The molecule has 1 saturated carbocycles. The lowest BCUT2D eigenvalue weighted by molar-refractivity contribution is 0.296. The molecule has 0 atom stereocenters. The number of nitrogens with one attached hydrogen (secondary N) is 2. The molecule has 0 amide bonds. The van der Waals surface area contributed by atoms with Crippen LogP contribution in [0, 0.1) is 5.92 Å². The third kappa shape index (κ3) is 5.70. The highest BCUT2D eigenvalue weighted by Crippen LogP contribution is 2.31. The Morgan fingerprint density at radius 1 is 1.30 bits per heavy atom. The average molecular weight is 297 g/mol. The summed E-state index contributed by atoms with van der Waals surface area (Å²) >= 11 is 5.94. The molecule has 1 heterocycles. The van der Waals surface area contributed by atoms with E-state index in [-0.39, 0.29) is 0 Å². The molecule has 0 spiro atoms. The van der Waals surface area contributed by atoms with Crippen LogP contribution in [0.1, 0.15) is 31.2 Å². The van der Waals surface area contributed by atoms with Crippen molar-refractivity contribution in [3.8, 4) is 5.75 Å². The van der Waals surface area contributed by atoms with Crippen LogP contribution in [0.3, 0.4) is 0 Å². The number of hydrogen-bond donors (Lipinski definition) is 2. The first-order chi connectivity index (χ1) is 9.79. The van der Waals surface area contributed by atoms with Gasteiger partial charge in [-0.2, -0.15) is 0 Å². The number of hydrogen-bond acceptors (Lipinski definition) is 3. The second-order valence-electron chi connectivity index (χ2n) is 5.49. The van der Waals surface area contributed by atoms with E-state index in [9.17, 15) is 0 Å². The van der Waals surface area contributed by atoms with Gasteiger partial charge in [-0.15, -0.1) is 0 Å². The van der Waals surface area contributed by atoms with Crippen LogP contribution in [0.2, 0.25) is 5.02 Å². The van der Waals surface area contributed by atoms with Crippen molar-refractivity contribution >= 4 is 11.6 Å². The number of ether oxygens (including phenoxy) is 1. The Labute approximate surface area is 127 Å². The molecule has 0 radical (unpaired) electrons. The molecule has 1 aromatic rings. The molecule has 1 aliphatic carbocycles. The maximum Gasteiger partial charge on any atom is 0.123 e. The SMILES string of the molecule is C1CCNC1.CNCc1cc(Cl)ccc1OCC1CC1. The topological polar surface area (TPSA) is 33.3 Å². The Morgan fingerprint density at radius 3 is 2.60 bits per heavy atom. The highest BCUT2D eigenvalue weighted by molar-refractivity contribution is 6.30. The van der Waals surface area contributed by atoms with Gasteiger partial charge in [-0.3, -0.25) is 0 Å². The summed E-state index contributed by atoms with van der Waals surface area (Å²) in [6.07, 6.45) is 5.41. The summed E-state index contributed by atoms with van der Waals surface area (Å²) in [5.74, 6) is 1.74. The quantitative estimate of drug-likeness (QED) is 0.875. The van der Waals surface area contributed by atoms with Gasteiger partial charge < -0.3 is 15.4 Å². The van der Waals surface area contributed by atoms with Crippen LogP contribution in [0.25, 0.3) is 0 Å². The molecule has 20 heavy (non-hydrogen) atoms. The van der Waals surface area contributed by atoms with Crippen molar-refractivity contribution in [3.63, 3.8) is 0 Å². The highest BCUT2D eigenvalue weighted by Gasteiger charge is 2.22. The predicted molar refractivity (Wildman–Crippen MR) is 84.5 cm³/mol. The molecule has 112 valence electrons. The summed E-state index contributed by atoms with van der Waals surface area (Å²) in [7, 11) is 1.92. The van der Waals surface area contributed by atoms with E-state index < -0.39 is 0 Å². The van der Waals surface area contributed by atoms with Crippen molar-refractivity contribution in [2.75, 3.05) is 26.7 Å². The van der Waals surface area contributed by atoms with Crippen molar-refractivity contribution in [3.05, 3.63) is 28.8 Å². The zero-order chi connectivity index (χ0) is 14.2. The van der Waals surface area contributed by atoms with E-state index in [1.807, 2.05) is 25.2 Å². The third-order valence-corrected chi connectivity index (χ3v) is 3.75. The van der Waals surface area contributed by atoms with E-state index in [4.69, 9.17) is 16.3 Å². The molecule has 3 rings (SSSR count). The largest absolute Gasteiger partial charge is 0.493 e. The molecule has 2 N–H and O–H groups in total. The first-order valence-electron chi connectivity index (χ1n) is 7.56. The van der Waals surface area contributed by atoms with Gasteiger partial charge in [-0.25, -0.2) is 0 Å². The van der Waals surface area contributed by atoms with Crippen LogP contribution in [-0.2, 0) is 6.54 Å². The standard InChI is InChI=1S/C12H16ClNO.C4H9N/c1-14-7-10-6-11(13)4-5-12(10)15-8-9-2-3-9;1-2-4-5-3-1/h4-6,9,14H,2-3,7-8H2,1H3;5H,1-4H2. The molecule has 4 heteroatoms. The van der Waals surface area contributed by atoms with Gasteiger partial charge in [0.25, 0.3) is 0 Å². The van der Waals surface area contributed by atoms with E-state index in [0.29, 0.717) is 0 Å². The number of rotatable bonds is 5. The second kappa shape index (κ2) is 8.50. The minimum absolute atomic E-state index is 0.763. The smallest absolute Gasteiger partial charge is 0.123 e. The monoisotopic (exact) mass is 296 g/mol. The summed E-state index contributed by atoms with van der Waals surface area (Å²) in [6.45, 7) is 4.14. The van der Waals surface area contributed by atoms with Crippen LogP contribution < -0.4 is 15.4 Å². The summed E-state index contributed by atoms with van der Waals surface area (Å²) in [5.41, 5.74) is 1.13. The van der Waals surface area contributed by atoms with Crippen molar-refractivity contribution in [1.82, 2.24) is 10.6 Å². The first kappa shape index (κ1) is 15.6. The molecule has 1 aliphatic heterocycles. The minimum Gasteiger partial charge on any atom is -0.493 e. The van der Waals surface area contributed by atoms with Crippen LogP contribution in [0.15, 0.2) is 18.2 Å². The van der Waals surface area contributed by atoms with Gasteiger partial charge in [0.15, 0.2) is 0 Å². The molecule has 0 bridgehead atoms. The van der Waals surface area contributed by atoms with Crippen molar-refractivity contribution < 1.29 is 4.74 Å². The molecule has 1 saturated heterocycles. The Bertz CT molecular complexity index is 396. The fourth-order valence-electron chi connectivity index (χ4n) is 2.13. The fourth-order valence-corrected chi connectivity index (χ4v) is 2.33. The fraction of sp³-hybridized carbons (Fsp3) is 0.625. The van der Waals surface area contributed by atoms with E-state index in [0.717, 1.165) is 35.4 Å². The third-order valence-electron chi connectivity index (χ3n) is 3.52. The summed E-state index contributed by atoms with van der Waals surface area (Å²) < 4.78 is 5.77. The molecule has 3 nitrogen and oxygen atoms in total. The van der Waals surface area contributed by atoms with E-state index in [1.165, 1.54) is 38.8 Å². The van der Waals surface area contributed by atoms with E-state index >= 15 is 0 Å². The number of halogens is 1. The van der Waals surface area contributed by atoms with Gasteiger partial charge in [-0.1, -0.05) is 11.6 Å². The molecule has 1 aromatic carbocycles. The normalized spacial score (nSPS) is 17.5. The second-order valence-corrected chi connectivity index (χ2v) is 5.93. The van der Waals surface area contributed by atoms with Gasteiger partial charge >= 0.3 is 0 Å². The number of benzene rings is 1. The van der Waals surface area contributed by atoms with Crippen molar-refractivity contribution in [2.24, 2.45) is 5.92 Å². The van der Waals surface area contributed by atoms with Crippen molar-refractivity contribution in [1.29, 1.82) is 0 Å². The minimum atomic E-state index is 0.763. The van der Waals surface area contributed by atoms with Crippen LogP contribution >= 0.6 is 11.6 Å². The molecule has 0 aromatic heterocycles. The molecule has 2 fully saturated rings. The van der Waals surface area contributed by atoms with Gasteiger partial charge in [0.1, 0.15) is 5.75 Å². The summed E-state index contributed by atoms with van der Waals surface area (Å²) in [6, 6.07) is 5.79. The maximum atomic E-state index is 5.94. The van der Waals surface area contributed by atoms with Gasteiger partial charge in [0, 0.05) is 17.1 Å². The maximum absolute atomic E-state index is 5.94. The molecular weight excluding hydrogens is 272 g/mol. The van der Waals surface area contributed by atoms with E-state index in [2.05, 4.69) is 10.6 Å². The zero-order valence-electron chi connectivity index (χ0n) is 12.3. The van der Waals surface area contributed by atoms with E-state index in [1.54, 1.807) is 0 Å².